The minimum absolute atomic E-state index is 0.0934. The maximum absolute atomic E-state index is 14.2. The molecule has 1 atom stereocenters. The van der Waals surface area contributed by atoms with Gasteiger partial charge in [-0.1, -0.05) is 0 Å². The van der Waals surface area contributed by atoms with Crippen LogP contribution in [0.3, 0.4) is 0 Å². The monoisotopic (exact) mass is 417 g/mol. The Balaban J connectivity index is 1.68. The van der Waals surface area contributed by atoms with Gasteiger partial charge in [0.15, 0.2) is 9.84 Å². The van der Waals surface area contributed by atoms with E-state index in [1.165, 1.54) is 4.90 Å². The van der Waals surface area contributed by atoms with Crippen molar-refractivity contribution in [2.75, 3.05) is 31.2 Å². The number of carbonyl (C=O) groups excluding carboxylic acids is 1. The number of hydrogen-bond donors (Lipinski definition) is 2. The number of sulfone groups is 1. The fourth-order valence-corrected chi connectivity index (χ4v) is 4.41. The summed E-state index contributed by atoms with van der Waals surface area (Å²) in [6, 6.07) is 0.498. The van der Waals surface area contributed by atoms with E-state index < -0.39 is 38.5 Å². The standard InChI is InChI=1S/C17H21F2N3O5S/c1-28(26,27)15-9-11(18)14(8-12(15)19)20-13-4-7-22(16(13)23)10-2-5-21(6-3-10)17(24)25/h8-10,13,20H,2-7H2,1H3,(H,24,25). The van der Waals surface area contributed by atoms with Crippen LogP contribution in [0.4, 0.5) is 19.3 Å². The average molecular weight is 417 g/mol. The van der Waals surface area contributed by atoms with Gasteiger partial charge in [0.05, 0.1) is 5.69 Å². The lowest BCUT2D eigenvalue weighted by molar-refractivity contribution is -0.131. The SMILES string of the molecule is CS(=O)(=O)c1cc(F)c(NC2CCN(C3CCN(C(=O)O)CC3)C2=O)cc1F. The van der Waals surface area contributed by atoms with Gasteiger partial charge in [-0.2, -0.15) is 0 Å². The number of nitrogens with one attached hydrogen (secondary N) is 1. The number of amides is 2. The average Bonchev–Trinajstić information content (AvgIpc) is 2.97. The molecule has 1 aromatic carbocycles. The fraction of sp³-hybridized carbons (Fsp3) is 0.529. The number of likely N-dealkylation sites (tertiary alicyclic amines) is 2. The molecule has 3 rings (SSSR count). The molecule has 11 heteroatoms. The van der Waals surface area contributed by atoms with Crippen molar-refractivity contribution in [3.63, 3.8) is 0 Å². The summed E-state index contributed by atoms with van der Waals surface area (Å²) in [4.78, 5) is 25.9. The van der Waals surface area contributed by atoms with Crippen molar-refractivity contribution in [3.05, 3.63) is 23.8 Å². The number of anilines is 1. The molecule has 8 nitrogen and oxygen atoms in total. The van der Waals surface area contributed by atoms with Crippen LogP contribution in [0.2, 0.25) is 0 Å². The van der Waals surface area contributed by atoms with Gasteiger partial charge in [-0.3, -0.25) is 4.79 Å². The molecule has 2 N–H and O–H groups in total. The van der Waals surface area contributed by atoms with Crippen molar-refractivity contribution in [2.24, 2.45) is 0 Å². The molecule has 0 aromatic heterocycles. The Kier molecular flexibility index (Phi) is 5.46. The first kappa shape index (κ1) is 20.3. The number of halogens is 2. The van der Waals surface area contributed by atoms with E-state index in [9.17, 15) is 26.8 Å². The van der Waals surface area contributed by atoms with Crippen LogP contribution in [-0.2, 0) is 14.6 Å². The van der Waals surface area contributed by atoms with Crippen LogP contribution in [0.5, 0.6) is 0 Å². The summed E-state index contributed by atoms with van der Waals surface area (Å²) in [5.74, 6) is -2.31. The molecule has 0 bridgehead atoms. The van der Waals surface area contributed by atoms with Gasteiger partial charge < -0.3 is 20.2 Å². The van der Waals surface area contributed by atoms with E-state index in [1.54, 1.807) is 4.90 Å². The first-order valence-corrected chi connectivity index (χ1v) is 10.7. The van der Waals surface area contributed by atoms with Crippen molar-refractivity contribution in [3.8, 4) is 0 Å². The predicted molar refractivity (Wildman–Crippen MR) is 95.8 cm³/mol. The lowest BCUT2D eigenvalue weighted by Crippen LogP contribution is -2.48. The molecule has 2 aliphatic heterocycles. The van der Waals surface area contributed by atoms with Crippen molar-refractivity contribution in [2.45, 2.75) is 36.2 Å². The smallest absolute Gasteiger partial charge is 0.407 e. The lowest BCUT2D eigenvalue weighted by Gasteiger charge is -2.35. The van der Waals surface area contributed by atoms with Crippen LogP contribution in [0.15, 0.2) is 17.0 Å². The number of carbonyl (C=O) groups is 2. The Bertz CT molecular complexity index is 900. The number of nitrogens with zero attached hydrogens (tertiary/aromatic N) is 2. The van der Waals surface area contributed by atoms with Gasteiger partial charge in [0.25, 0.3) is 0 Å². The second-order valence-corrected chi connectivity index (χ2v) is 9.04. The zero-order valence-corrected chi connectivity index (χ0v) is 16.0. The Morgan fingerprint density at radius 3 is 2.36 bits per heavy atom. The maximum Gasteiger partial charge on any atom is 0.407 e. The lowest BCUT2D eigenvalue weighted by atomic mass is 10.0. The fourth-order valence-electron chi connectivity index (χ4n) is 3.68. The Hall–Kier alpha value is -2.43. The summed E-state index contributed by atoms with van der Waals surface area (Å²) < 4.78 is 51.2. The van der Waals surface area contributed by atoms with Gasteiger partial charge in [-0.25, -0.2) is 22.0 Å². The molecular formula is C17H21F2N3O5S. The zero-order chi connectivity index (χ0) is 20.6. The molecule has 28 heavy (non-hydrogen) atoms. The van der Waals surface area contributed by atoms with Crippen LogP contribution in [0, 0.1) is 11.6 Å². The number of carboxylic acid groups (broad SMARTS) is 1. The Morgan fingerprint density at radius 1 is 1.14 bits per heavy atom. The molecule has 1 aromatic rings. The number of piperidine rings is 1. The highest BCUT2D eigenvalue weighted by molar-refractivity contribution is 7.90. The molecule has 0 saturated carbocycles. The summed E-state index contributed by atoms with van der Waals surface area (Å²) in [5, 5.41) is 11.7. The minimum atomic E-state index is -3.91. The summed E-state index contributed by atoms with van der Waals surface area (Å²) in [6.07, 6.45) is 1.23. The molecule has 0 radical (unpaired) electrons. The highest BCUT2D eigenvalue weighted by Crippen LogP contribution is 2.27. The summed E-state index contributed by atoms with van der Waals surface area (Å²) in [7, 11) is -3.91. The number of hydrogen-bond acceptors (Lipinski definition) is 5. The molecule has 2 aliphatic rings. The predicted octanol–water partition coefficient (Wildman–Crippen LogP) is 1.52. The molecule has 0 spiro atoms. The molecule has 0 aliphatic carbocycles. The third kappa shape index (κ3) is 4.03. The van der Waals surface area contributed by atoms with Gasteiger partial charge >= 0.3 is 6.09 Å². The van der Waals surface area contributed by atoms with Gasteiger partial charge in [-0.15, -0.1) is 0 Å². The van der Waals surface area contributed by atoms with Gasteiger partial charge in [0.2, 0.25) is 5.91 Å². The summed E-state index contributed by atoms with van der Waals surface area (Å²) in [6.45, 7) is 1.11. The Morgan fingerprint density at radius 2 is 1.79 bits per heavy atom. The van der Waals surface area contributed by atoms with E-state index in [0.717, 1.165) is 12.3 Å². The topological polar surface area (TPSA) is 107 Å². The molecule has 2 fully saturated rings. The van der Waals surface area contributed by atoms with Crippen LogP contribution >= 0.6 is 0 Å². The Labute approximate surface area is 161 Å². The second-order valence-electron chi connectivity index (χ2n) is 7.05. The minimum Gasteiger partial charge on any atom is -0.465 e. The van der Waals surface area contributed by atoms with E-state index >= 15 is 0 Å². The van der Waals surface area contributed by atoms with Crippen LogP contribution in [0.1, 0.15) is 19.3 Å². The van der Waals surface area contributed by atoms with Crippen molar-refractivity contribution >= 4 is 27.5 Å². The van der Waals surface area contributed by atoms with Crippen molar-refractivity contribution < 1.29 is 31.9 Å². The van der Waals surface area contributed by atoms with Crippen LogP contribution in [0.25, 0.3) is 0 Å². The van der Waals surface area contributed by atoms with Gasteiger partial charge in [-0.05, 0) is 25.3 Å². The van der Waals surface area contributed by atoms with Crippen LogP contribution < -0.4 is 5.32 Å². The molecular weight excluding hydrogens is 396 g/mol. The number of rotatable bonds is 4. The quantitative estimate of drug-likeness (QED) is 0.769. The normalized spacial score (nSPS) is 21.2. The second kappa shape index (κ2) is 7.53. The molecule has 2 heterocycles. The van der Waals surface area contributed by atoms with E-state index in [4.69, 9.17) is 5.11 Å². The zero-order valence-electron chi connectivity index (χ0n) is 15.2. The van der Waals surface area contributed by atoms with E-state index in [2.05, 4.69) is 5.32 Å². The summed E-state index contributed by atoms with van der Waals surface area (Å²) in [5.41, 5.74) is -0.272. The molecule has 154 valence electrons. The molecule has 2 saturated heterocycles. The first-order valence-electron chi connectivity index (χ1n) is 8.82. The van der Waals surface area contributed by atoms with Crippen molar-refractivity contribution in [1.82, 2.24) is 9.80 Å². The first-order chi connectivity index (χ1) is 13.1. The molecule has 2 amide bonds. The third-order valence-corrected chi connectivity index (χ3v) is 6.28. The largest absolute Gasteiger partial charge is 0.465 e. The third-order valence-electron chi connectivity index (χ3n) is 5.17. The van der Waals surface area contributed by atoms with Crippen molar-refractivity contribution in [1.29, 1.82) is 0 Å². The van der Waals surface area contributed by atoms with E-state index in [0.29, 0.717) is 45.0 Å². The van der Waals surface area contributed by atoms with Crippen LogP contribution in [-0.4, -0.2) is 73.3 Å². The van der Waals surface area contributed by atoms with Gasteiger partial charge in [0, 0.05) is 38.0 Å². The highest BCUT2D eigenvalue weighted by atomic mass is 32.2. The maximum atomic E-state index is 14.2. The van der Waals surface area contributed by atoms with E-state index in [1.807, 2.05) is 0 Å². The highest BCUT2D eigenvalue weighted by Gasteiger charge is 2.38. The summed E-state index contributed by atoms with van der Waals surface area (Å²) >= 11 is 0. The van der Waals surface area contributed by atoms with E-state index in [-0.39, 0.29) is 17.6 Å². The molecule has 1 unspecified atom stereocenters. The number of benzene rings is 1. The van der Waals surface area contributed by atoms with Gasteiger partial charge in [0.1, 0.15) is 22.6 Å².